The molecule has 0 aliphatic carbocycles. The van der Waals surface area contributed by atoms with Crippen LogP contribution in [0.15, 0.2) is 30.3 Å². The Morgan fingerprint density at radius 3 is 2.41 bits per heavy atom. The summed E-state index contributed by atoms with van der Waals surface area (Å²) in [6.07, 6.45) is 4.32. The van der Waals surface area contributed by atoms with Crippen molar-refractivity contribution in [1.29, 1.82) is 0 Å². The monoisotopic (exact) mass is 253 g/mol. The fourth-order valence-corrected chi connectivity index (χ4v) is 2.24. The van der Waals surface area contributed by atoms with E-state index in [4.69, 9.17) is 0 Å². The van der Waals surface area contributed by atoms with Crippen LogP contribution in [0.2, 0.25) is 0 Å². The SMILES string of the molecule is Cl.O=CC1CCN(CCc2ccccc2)CC1. The highest BCUT2D eigenvalue weighted by Crippen LogP contribution is 2.15. The zero-order valence-corrected chi connectivity index (χ0v) is 10.9. The fourth-order valence-electron chi connectivity index (χ4n) is 2.24. The Labute approximate surface area is 109 Å². The highest BCUT2D eigenvalue weighted by Gasteiger charge is 2.17. The highest BCUT2D eigenvalue weighted by molar-refractivity contribution is 5.85. The third-order valence-corrected chi connectivity index (χ3v) is 3.38. The van der Waals surface area contributed by atoms with Crippen LogP contribution in [0.5, 0.6) is 0 Å². The summed E-state index contributed by atoms with van der Waals surface area (Å²) >= 11 is 0. The number of aldehydes is 1. The molecule has 0 spiro atoms. The van der Waals surface area contributed by atoms with Crippen LogP contribution in [0.4, 0.5) is 0 Å². The molecule has 0 bridgehead atoms. The van der Waals surface area contributed by atoms with E-state index in [1.165, 1.54) is 5.56 Å². The van der Waals surface area contributed by atoms with Gasteiger partial charge < -0.3 is 9.69 Å². The lowest BCUT2D eigenvalue weighted by atomic mass is 9.98. The Kier molecular flexibility index (Phi) is 6.23. The maximum absolute atomic E-state index is 10.6. The van der Waals surface area contributed by atoms with Gasteiger partial charge in [-0.25, -0.2) is 0 Å². The molecule has 0 saturated carbocycles. The molecular weight excluding hydrogens is 234 g/mol. The number of carbonyl (C=O) groups is 1. The molecule has 0 N–H and O–H groups in total. The Balaban J connectivity index is 0.00000144. The number of halogens is 1. The average molecular weight is 254 g/mol. The van der Waals surface area contributed by atoms with Gasteiger partial charge >= 0.3 is 0 Å². The van der Waals surface area contributed by atoms with Gasteiger partial charge in [-0.3, -0.25) is 0 Å². The molecule has 1 fully saturated rings. The largest absolute Gasteiger partial charge is 0.303 e. The summed E-state index contributed by atoms with van der Waals surface area (Å²) in [7, 11) is 0. The van der Waals surface area contributed by atoms with Crippen LogP contribution in [-0.4, -0.2) is 30.8 Å². The zero-order chi connectivity index (χ0) is 11.2. The van der Waals surface area contributed by atoms with E-state index in [2.05, 4.69) is 35.2 Å². The number of benzene rings is 1. The maximum Gasteiger partial charge on any atom is 0.123 e. The number of carbonyl (C=O) groups excluding carboxylic acids is 1. The number of hydrogen-bond acceptors (Lipinski definition) is 2. The van der Waals surface area contributed by atoms with Gasteiger partial charge in [-0.15, -0.1) is 12.4 Å². The molecule has 0 aromatic heterocycles. The summed E-state index contributed by atoms with van der Waals surface area (Å²) in [6.45, 7) is 3.28. The number of hydrogen-bond donors (Lipinski definition) is 0. The fraction of sp³-hybridized carbons (Fsp3) is 0.500. The smallest absolute Gasteiger partial charge is 0.123 e. The standard InChI is InChI=1S/C14H19NO.ClH/c16-12-14-7-10-15(11-8-14)9-6-13-4-2-1-3-5-13;/h1-5,12,14H,6-11H2;1H. The summed E-state index contributed by atoms with van der Waals surface area (Å²) < 4.78 is 0. The van der Waals surface area contributed by atoms with Crippen LogP contribution >= 0.6 is 12.4 Å². The molecule has 0 atom stereocenters. The zero-order valence-electron chi connectivity index (χ0n) is 10.0. The molecule has 3 heteroatoms. The van der Waals surface area contributed by atoms with E-state index in [-0.39, 0.29) is 12.4 Å². The van der Waals surface area contributed by atoms with Gasteiger partial charge in [0.2, 0.25) is 0 Å². The summed E-state index contributed by atoms with van der Waals surface area (Å²) in [5, 5.41) is 0. The minimum Gasteiger partial charge on any atom is -0.303 e. The summed E-state index contributed by atoms with van der Waals surface area (Å²) in [6, 6.07) is 10.6. The van der Waals surface area contributed by atoms with Gasteiger partial charge in [-0.05, 0) is 37.9 Å². The van der Waals surface area contributed by atoms with Crippen molar-refractivity contribution < 1.29 is 4.79 Å². The molecule has 1 aromatic rings. The van der Waals surface area contributed by atoms with E-state index >= 15 is 0 Å². The first kappa shape index (κ1) is 14.2. The topological polar surface area (TPSA) is 20.3 Å². The molecule has 1 saturated heterocycles. The van der Waals surface area contributed by atoms with Crippen molar-refractivity contribution in [2.24, 2.45) is 5.92 Å². The third kappa shape index (κ3) is 4.49. The first-order valence-electron chi connectivity index (χ1n) is 6.10. The van der Waals surface area contributed by atoms with Gasteiger partial charge in [-0.2, -0.15) is 0 Å². The molecular formula is C14H20ClNO. The molecule has 17 heavy (non-hydrogen) atoms. The Hall–Kier alpha value is -0.860. The Bertz CT molecular complexity index is 320. The van der Waals surface area contributed by atoms with Crippen LogP contribution in [0.3, 0.4) is 0 Å². The quantitative estimate of drug-likeness (QED) is 0.769. The van der Waals surface area contributed by atoms with Gasteiger partial charge in [0.25, 0.3) is 0 Å². The Morgan fingerprint density at radius 2 is 1.82 bits per heavy atom. The van der Waals surface area contributed by atoms with Gasteiger partial charge in [-0.1, -0.05) is 30.3 Å². The molecule has 2 nitrogen and oxygen atoms in total. The lowest BCUT2D eigenvalue weighted by Gasteiger charge is -2.29. The highest BCUT2D eigenvalue weighted by atomic mass is 35.5. The molecule has 0 unspecified atom stereocenters. The van der Waals surface area contributed by atoms with E-state index in [9.17, 15) is 4.79 Å². The molecule has 2 rings (SSSR count). The van der Waals surface area contributed by atoms with E-state index in [1.54, 1.807) is 0 Å². The Morgan fingerprint density at radius 1 is 1.18 bits per heavy atom. The van der Waals surface area contributed by atoms with Crippen molar-refractivity contribution in [3.63, 3.8) is 0 Å². The van der Waals surface area contributed by atoms with Gasteiger partial charge in [0, 0.05) is 12.5 Å². The lowest BCUT2D eigenvalue weighted by Crippen LogP contribution is -2.35. The van der Waals surface area contributed by atoms with E-state index in [0.29, 0.717) is 5.92 Å². The van der Waals surface area contributed by atoms with E-state index in [1.807, 2.05) is 0 Å². The van der Waals surface area contributed by atoms with Gasteiger partial charge in [0.15, 0.2) is 0 Å². The van der Waals surface area contributed by atoms with Crippen molar-refractivity contribution in [2.45, 2.75) is 19.3 Å². The number of rotatable bonds is 4. The first-order chi connectivity index (χ1) is 7.88. The van der Waals surface area contributed by atoms with Crippen LogP contribution in [0.25, 0.3) is 0 Å². The molecule has 94 valence electrons. The van der Waals surface area contributed by atoms with Crippen molar-refractivity contribution in [2.75, 3.05) is 19.6 Å². The molecule has 0 radical (unpaired) electrons. The van der Waals surface area contributed by atoms with Crippen molar-refractivity contribution in [1.82, 2.24) is 4.90 Å². The second-order valence-electron chi connectivity index (χ2n) is 4.55. The van der Waals surface area contributed by atoms with E-state index < -0.39 is 0 Å². The summed E-state index contributed by atoms with van der Waals surface area (Å²) in [5.41, 5.74) is 1.40. The number of piperidine rings is 1. The molecule has 1 aromatic carbocycles. The minimum atomic E-state index is 0. The average Bonchev–Trinajstić information content (AvgIpc) is 2.38. The second kappa shape index (κ2) is 7.46. The van der Waals surface area contributed by atoms with E-state index in [0.717, 1.165) is 45.2 Å². The second-order valence-corrected chi connectivity index (χ2v) is 4.55. The van der Waals surface area contributed by atoms with Crippen LogP contribution in [0, 0.1) is 5.92 Å². The first-order valence-corrected chi connectivity index (χ1v) is 6.10. The summed E-state index contributed by atoms with van der Waals surface area (Å²) in [4.78, 5) is 13.1. The van der Waals surface area contributed by atoms with Crippen LogP contribution in [0.1, 0.15) is 18.4 Å². The number of likely N-dealkylation sites (tertiary alicyclic amines) is 1. The molecule has 1 aliphatic rings. The van der Waals surface area contributed by atoms with Gasteiger partial charge in [0.05, 0.1) is 0 Å². The van der Waals surface area contributed by atoms with Crippen LogP contribution < -0.4 is 0 Å². The van der Waals surface area contributed by atoms with Crippen molar-refractivity contribution >= 4 is 18.7 Å². The molecule has 1 heterocycles. The normalized spacial score (nSPS) is 17.4. The predicted octanol–water partition coefficient (Wildman–Crippen LogP) is 2.56. The maximum atomic E-state index is 10.6. The third-order valence-electron chi connectivity index (χ3n) is 3.38. The van der Waals surface area contributed by atoms with Crippen molar-refractivity contribution in [3.05, 3.63) is 35.9 Å². The minimum absolute atomic E-state index is 0. The van der Waals surface area contributed by atoms with Crippen LogP contribution in [-0.2, 0) is 11.2 Å². The predicted molar refractivity (Wildman–Crippen MR) is 72.6 cm³/mol. The van der Waals surface area contributed by atoms with Gasteiger partial charge in [0.1, 0.15) is 6.29 Å². The summed E-state index contributed by atoms with van der Waals surface area (Å²) in [5.74, 6) is 0.313. The lowest BCUT2D eigenvalue weighted by molar-refractivity contribution is -0.112. The van der Waals surface area contributed by atoms with Crippen molar-refractivity contribution in [3.8, 4) is 0 Å². The molecule has 1 aliphatic heterocycles. The number of nitrogens with zero attached hydrogens (tertiary/aromatic N) is 1. The molecule has 0 amide bonds.